The fourth-order valence-electron chi connectivity index (χ4n) is 3.32. The summed E-state index contributed by atoms with van der Waals surface area (Å²) in [6.45, 7) is 3.58. The van der Waals surface area contributed by atoms with Gasteiger partial charge in [-0.1, -0.05) is 6.07 Å². The van der Waals surface area contributed by atoms with Gasteiger partial charge < -0.3 is 15.0 Å². The zero-order valence-corrected chi connectivity index (χ0v) is 16.3. The van der Waals surface area contributed by atoms with Gasteiger partial charge >= 0.3 is 0 Å². The number of rotatable bonds is 7. The summed E-state index contributed by atoms with van der Waals surface area (Å²) in [7, 11) is 0. The molecule has 0 bridgehead atoms. The fraction of sp³-hybridized carbons (Fsp3) is 0.174. The van der Waals surface area contributed by atoms with Crippen molar-refractivity contribution in [3.8, 4) is 16.9 Å². The van der Waals surface area contributed by atoms with Crippen LogP contribution in [0.3, 0.4) is 0 Å². The number of hydrogen-bond donors (Lipinski definition) is 2. The average molecular weight is 411 g/mol. The molecular weight excluding hydrogens is 391 g/mol. The van der Waals surface area contributed by atoms with Crippen molar-refractivity contribution >= 4 is 10.9 Å². The second-order valence-electron chi connectivity index (χ2n) is 7.03. The minimum atomic E-state index is -1.48. The van der Waals surface area contributed by atoms with E-state index in [9.17, 15) is 13.2 Å². The van der Waals surface area contributed by atoms with Gasteiger partial charge in [0, 0.05) is 47.6 Å². The first-order valence-electron chi connectivity index (χ1n) is 9.52. The normalized spacial score (nSPS) is 11.2. The molecule has 0 spiro atoms. The second kappa shape index (κ2) is 8.59. The lowest BCUT2D eigenvalue weighted by atomic mass is 10.1. The van der Waals surface area contributed by atoms with E-state index in [1.165, 1.54) is 6.20 Å². The number of H-pyrrole nitrogens is 1. The number of benzene rings is 2. The molecule has 2 N–H and O–H groups in total. The number of aromatic amines is 1. The molecule has 4 rings (SSSR count). The molecule has 0 fully saturated rings. The first-order chi connectivity index (χ1) is 14.5. The molecule has 2 heterocycles. The van der Waals surface area contributed by atoms with Gasteiger partial charge in [-0.25, -0.2) is 13.2 Å². The number of nitrogens with zero attached hydrogens (tertiary/aromatic N) is 1. The maximum atomic E-state index is 13.5. The summed E-state index contributed by atoms with van der Waals surface area (Å²) < 4.78 is 46.0. The molecule has 0 aliphatic rings. The van der Waals surface area contributed by atoms with E-state index in [4.69, 9.17) is 4.74 Å². The minimum Gasteiger partial charge on any atom is -0.492 e. The van der Waals surface area contributed by atoms with Crippen molar-refractivity contribution in [2.75, 3.05) is 13.2 Å². The largest absolute Gasteiger partial charge is 0.492 e. The van der Waals surface area contributed by atoms with Crippen LogP contribution in [0.1, 0.15) is 11.3 Å². The maximum Gasteiger partial charge on any atom is 0.194 e. The average Bonchev–Trinajstić information content (AvgIpc) is 3.12. The van der Waals surface area contributed by atoms with E-state index in [2.05, 4.69) is 21.4 Å². The van der Waals surface area contributed by atoms with Crippen LogP contribution in [0.4, 0.5) is 13.2 Å². The van der Waals surface area contributed by atoms with E-state index in [0.29, 0.717) is 25.3 Å². The van der Waals surface area contributed by atoms with Crippen LogP contribution in [0.25, 0.3) is 22.0 Å². The molecule has 7 heteroatoms. The van der Waals surface area contributed by atoms with E-state index < -0.39 is 17.5 Å². The van der Waals surface area contributed by atoms with Crippen molar-refractivity contribution in [1.29, 1.82) is 0 Å². The molecule has 0 unspecified atom stereocenters. The molecule has 0 atom stereocenters. The Bertz CT molecular complexity index is 1170. The highest BCUT2D eigenvalue weighted by Gasteiger charge is 2.12. The summed E-state index contributed by atoms with van der Waals surface area (Å²) in [5, 5.41) is 4.30. The van der Waals surface area contributed by atoms with Crippen molar-refractivity contribution in [2.24, 2.45) is 0 Å². The van der Waals surface area contributed by atoms with Gasteiger partial charge in [0.2, 0.25) is 0 Å². The quantitative estimate of drug-likeness (QED) is 0.328. The Morgan fingerprint density at radius 3 is 2.60 bits per heavy atom. The highest BCUT2D eigenvalue weighted by molar-refractivity contribution is 5.86. The Kier molecular flexibility index (Phi) is 5.72. The van der Waals surface area contributed by atoms with Gasteiger partial charge in [-0.2, -0.15) is 0 Å². The molecule has 0 aliphatic heterocycles. The summed E-state index contributed by atoms with van der Waals surface area (Å²) in [5.74, 6) is -3.10. The number of ether oxygens (including phenoxy) is 1. The predicted octanol–water partition coefficient (Wildman–Crippen LogP) is 5.12. The number of pyridine rings is 1. The molecule has 0 saturated carbocycles. The maximum absolute atomic E-state index is 13.5. The van der Waals surface area contributed by atoms with Gasteiger partial charge in [-0.15, -0.1) is 0 Å². The first-order valence-corrected chi connectivity index (χ1v) is 9.52. The third kappa shape index (κ3) is 4.31. The molecular formula is C23H20F3N3O. The molecule has 30 heavy (non-hydrogen) atoms. The zero-order chi connectivity index (χ0) is 21.1. The van der Waals surface area contributed by atoms with Crippen LogP contribution in [0.15, 0.2) is 54.9 Å². The fourth-order valence-corrected chi connectivity index (χ4v) is 3.32. The Labute approximate surface area is 171 Å². The summed E-state index contributed by atoms with van der Waals surface area (Å²) in [6, 6.07) is 11.6. The van der Waals surface area contributed by atoms with Crippen LogP contribution in [0.5, 0.6) is 5.75 Å². The molecule has 4 aromatic rings. The van der Waals surface area contributed by atoms with Crippen molar-refractivity contribution in [3.63, 3.8) is 0 Å². The monoisotopic (exact) mass is 411 g/mol. The van der Waals surface area contributed by atoms with E-state index in [1.54, 1.807) is 12.3 Å². The molecule has 0 aliphatic carbocycles. The number of halogens is 3. The van der Waals surface area contributed by atoms with Crippen LogP contribution < -0.4 is 10.1 Å². The van der Waals surface area contributed by atoms with Crippen LogP contribution in [0.2, 0.25) is 0 Å². The smallest absolute Gasteiger partial charge is 0.194 e. The van der Waals surface area contributed by atoms with Crippen LogP contribution >= 0.6 is 0 Å². The summed E-state index contributed by atoms with van der Waals surface area (Å²) in [5.41, 5.74) is 3.69. The Hall–Kier alpha value is -3.32. The number of aromatic nitrogens is 2. The summed E-state index contributed by atoms with van der Waals surface area (Å²) in [6.07, 6.45) is 3.15. The van der Waals surface area contributed by atoms with Crippen LogP contribution in [0, 0.1) is 24.4 Å². The molecule has 0 radical (unpaired) electrons. The summed E-state index contributed by atoms with van der Waals surface area (Å²) >= 11 is 0. The van der Waals surface area contributed by atoms with Gasteiger partial charge in [-0.05, 0) is 54.4 Å². The number of nitrogens with one attached hydrogen (secondary N) is 2. The van der Waals surface area contributed by atoms with Gasteiger partial charge in [-0.3, -0.25) is 4.98 Å². The van der Waals surface area contributed by atoms with Crippen LogP contribution in [-0.2, 0) is 6.54 Å². The lowest BCUT2D eigenvalue weighted by Gasteiger charge is -2.10. The number of hydrogen-bond acceptors (Lipinski definition) is 3. The standard InChI is InChI=1S/C23H20F3N3O/c1-14-7-18-21(29-14)3-2-4-22(18)30-6-5-27-11-15-8-17(13-28-12-15)16-9-19(24)23(26)20(25)10-16/h2-4,7-10,12-13,27,29H,5-6,11H2,1H3. The van der Waals surface area contributed by atoms with Crippen molar-refractivity contribution in [3.05, 3.63) is 83.6 Å². The van der Waals surface area contributed by atoms with Crippen molar-refractivity contribution < 1.29 is 17.9 Å². The molecule has 0 saturated heterocycles. The Morgan fingerprint density at radius 1 is 1.00 bits per heavy atom. The molecule has 2 aromatic carbocycles. The van der Waals surface area contributed by atoms with Gasteiger partial charge in [0.25, 0.3) is 0 Å². The highest BCUT2D eigenvalue weighted by Crippen LogP contribution is 2.26. The molecule has 0 amide bonds. The lowest BCUT2D eigenvalue weighted by Crippen LogP contribution is -2.20. The zero-order valence-electron chi connectivity index (χ0n) is 16.3. The minimum absolute atomic E-state index is 0.235. The highest BCUT2D eigenvalue weighted by atomic mass is 19.2. The van der Waals surface area contributed by atoms with E-state index in [0.717, 1.165) is 40.0 Å². The van der Waals surface area contributed by atoms with Gasteiger partial charge in [0.05, 0.1) is 0 Å². The topological polar surface area (TPSA) is 49.9 Å². The third-order valence-electron chi connectivity index (χ3n) is 4.74. The molecule has 4 nitrogen and oxygen atoms in total. The second-order valence-corrected chi connectivity index (χ2v) is 7.03. The predicted molar refractivity (Wildman–Crippen MR) is 110 cm³/mol. The molecule has 154 valence electrons. The van der Waals surface area contributed by atoms with E-state index in [1.807, 2.05) is 25.1 Å². The van der Waals surface area contributed by atoms with Crippen molar-refractivity contribution in [2.45, 2.75) is 13.5 Å². The SMILES string of the molecule is Cc1cc2c(OCCNCc3cncc(-c4cc(F)c(F)c(F)c4)c3)cccc2[nH]1. The number of aryl methyl sites for hydroxylation is 1. The van der Waals surface area contributed by atoms with E-state index >= 15 is 0 Å². The van der Waals surface area contributed by atoms with Crippen molar-refractivity contribution in [1.82, 2.24) is 15.3 Å². The third-order valence-corrected chi connectivity index (χ3v) is 4.74. The van der Waals surface area contributed by atoms with Gasteiger partial charge in [0.1, 0.15) is 12.4 Å². The first kappa shape index (κ1) is 20.0. The van der Waals surface area contributed by atoms with Crippen LogP contribution in [-0.4, -0.2) is 23.1 Å². The lowest BCUT2D eigenvalue weighted by molar-refractivity contribution is 0.317. The van der Waals surface area contributed by atoms with Gasteiger partial charge in [0.15, 0.2) is 17.5 Å². The Balaban J connectivity index is 1.34. The number of fused-ring (bicyclic) bond motifs is 1. The summed E-state index contributed by atoms with van der Waals surface area (Å²) in [4.78, 5) is 7.39. The Morgan fingerprint density at radius 2 is 1.80 bits per heavy atom. The molecule has 2 aromatic heterocycles. The van der Waals surface area contributed by atoms with E-state index in [-0.39, 0.29) is 5.56 Å².